The Kier molecular flexibility index (Phi) is 6.76. The van der Waals surface area contributed by atoms with Gasteiger partial charge in [-0.15, -0.1) is 0 Å². The van der Waals surface area contributed by atoms with Crippen LogP contribution < -0.4 is 4.74 Å². The van der Waals surface area contributed by atoms with Gasteiger partial charge in [0.15, 0.2) is 11.5 Å². The van der Waals surface area contributed by atoms with Crippen molar-refractivity contribution >= 4 is 17.8 Å². The topological polar surface area (TPSA) is 103 Å². The standard InChI is InChI=1S/C23H32N4O6/c1-3-25(20(29)17-5-6-19(32-2)18(28)15-17)16-23-7-4-8-27(23)22(31)26(21(23)30)10-9-24-11-13-33-14-12-24/h5-6,15,28H,3-4,7-14,16H2,1-2H3/t23-/m1/s1. The first-order chi connectivity index (χ1) is 15.9. The lowest BCUT2D eigenvalue weighted by atomic mass is 9.94. The zero-order valence-electron chi connectivity index (χ0n) is 19.3. The fourth-order valence-corrected chi connectivity index (χ4v) is 5.01. The van der Waals surface area contributed by atoms with Gasteiger partial charge in [-0.2, -0.15) is 0 Å². The second-order valence-corrected chi connectivity index (χ2v) is 8.69. The summed E-state index contributed by atoms with van der Waals surface area (Å²) in [5.74, 6) is -0.366. The number of nitrogens with zero attached hydrogens (tertiary/aromatic N) is 4. The molecule has 0 radical (unpaired) electrons. The first-order valence-corrected chi connectivity index (χ1v) is 11.5. The predicted octanol–water partition coefficient (Wildman–Crippen LogP) is 0.992. The minimum Gasteiger partial charge on any atom is -0.504 e. The van der Waals surface area contributed by atoms with Crippen LogP contribution in [0, 0.1) is 0 Å². The molecule has 4 amide bonds. The molecule has 10 heteroatoms. The van der Waals surface area contributed by atoms with E-state index in [4.69, 9.17) is 9.47 Å². The molecule has 1 aromatic carbocycles. The van der Waals surface area contributed by atoms with E-state index in [9.17, 15) is 19.5 Å². The first kappa shape index (κ1) is 23.3. The zero-order valence-corrected chi connectivity index (χ0v) is 19.3. The van der Waals surface area contributed by atoms with E-state index >= 15 is 0 Å². The fraction of sp³-hybridized carbons (Fsp3) is 0.609. The van der Waals surface area contributed by atoms with Crippen molar-refractivity contribution in [1.29, 1.82) is 0 Å². The third kappa shape index (κ3) is 4.24. The van der Waals surface area contributed by atoms with Crippen molar-refractivity contribution in [2.24, 2.45) is 0 Å². The number of aromatic hydroxyl groups is 1. The molecular formula is C23H32N4O6. The first-order valence-electron chi connectivity index (χ1n) is 11.5. The number of phenolic OH excluding ortho intramolecular Hbond substituents is 1. The van der Waals surface area contributed by atoms with E-state index in [2.05, 4.69) is 4.90 Å². The highest BCUT2D eigenvalue weighted by molar-refractivity contribution is 6.08. The van der Waals surface area contributed by atoms with Crippen LogP contribution in [-0.2, 0) is 9.53 Å². The van der Waals surface area contributed by atoms with Gasteiger partial charge in [-0.1, -0.05) is 0 Å². The number of carbonyl (C=O) groups excluding carboxylic acids is 3. The van der Waals surface area contributed by atoms with Crippen LogP contribution in [0.25, 0.3) is 0 Å². The van der Waals surface area contributed by atoms with Crippen molar-refractivity contribution in [3.63, 3.8) is 0 Å². The zero-order chi connectivity index (χ0) is 23.6. The Morgan fingerprint density at radius 1 is 1.21 bits per heavy atom. The number of rotatable bonds is 8. The molecule has 0 unspecified atom stereocenters. The van der Waals surface area contributed by atoms with Crippen LogP contribution >= 0.6 is 0 Å². The maximum atomic E-state index is 13.6. The number of hydrogen-bond donors (Lipinski definition) is 1. The number of hydrogen-bond acceptors (Lipinski definition) is 7. The molecule has 10 nitrogen and oxygen atoms in total. The molecule has 3 aliphatic rings. The largest absolute Gasteiger partial charge is 0.504 e. The maximum Gasteiger partial charge on any atom is 0.327 e. The number of likely N-dealkylation sites (N-methyl/N-ethyl adjacent to an activating group) is 1. The minimum absolute atomic E-state index is 0.124. The number of methoxy groups -OCH3 is 1. The number of phenols is 1. The van der Waals surface area contributed by atoms with Crippen LogP contribution in [0.5, 0.6) is 11.5 Å². The Bertz CT molecular complexity index is 918. The Morgan fingerprint density at radius 2 is 1.97 bits per heavy atom. The summed E-state index contributed by atoms with van der Waals surface area (Å²) in [5, 5.41) is 10.1. The lowest BCUT2D eigenvalue weighted by Crippen LogP contribution is -2.55. The number of carbonyl (C=O) groups is 3. The molecule has 33 heavy (non-hydrogen) atoms. The Balaban J connectivity index is 1.50. The summed E-state index contributed by atoms with van der Waals surface area (Å²) in [6.07, 6.45) is 1.26. The lowest BCUT2D eigenvalue weighted by Gasteiger charge is -2.34. The average Bonchev–Trinajstić information content (AvgIpc) is 3.34. The van der Waals surface area contributed by atoms with Gasteiger partial charge in [0.2, 0.25) is 0 Å². The molecule has 4 rings (SSSR count). The van der Waals surface area contributed by atoms with Gasteiger partial charge in [0, 0.05) is 44.8 Å². The maximum absolute atomic E-state index is 13.6. The molecule has 1 aromatic rings. The highest BCUT2D eigenvalue weighted by Gasteiger charge is 2.60. The van der Waals surface area contributed by atoms with Crippen molar-refractivity contribution in [2.45, 2.75) is 25.3 Å². The summed E-state index contributed by atoms with van der Waals surface area (Å²) in [6, 6.07) is 4.22. The van der Waals surface area contributed by atoms with Crippen molar-refractivity contribution in [3.05, 3.63) is 23.8 Å². The van der Waals surface area contributed by atoms with E-state index in [1.54, 1.807) is 15.9 Å². The monoisotopic (exact) mass is 460 g/mol. The molecular weight excluding hydrogens is 428 g/mol. The van der Waals surface area contributed by atoms with Gasteiger partial charge in [0.1, 0.15) is 5.54 Å². The summed E-state index contributed by atoms with van der Waals surface area (Å²) in [5.41, 5.74) is -0.723. The predicted molar refractivity (Wildman–Crippen MR) is 119 cm³/mol. The number of fused-ring (bicyclic) bond motifs is 1. The van der Waals surface area contributed by atoms with Crippen LogP contribution in [0.4, 0.5) is 4.79 Å². The summed E-state index contributed by atoms with van der Waals surface area (Å²) < 4.78 is 10.4. The highest BCUT2D eigenvalue weighted by Crippen LogP contribution is 2.39. The van der Waals surface area contributed by atoms with Crippen LogP contribution in [0.3, 0.4) is 0 Å². The van der Waals surface area contributed by atoms with Gasteiger partial charge in [-0.3, -0.25) is 19.4 Å². The number of ether oxygens (including phenoxy) is 2. The van der Waals surface area contributed by atoms with Gasteiger partial charge in [-0.25, -0.2) is 4.79 Å². The molecule has 0 aliphatic carbocycles. The van der Waals surface area contributed by atoms with Crippen molar-refractivity contribution in [2.75, 3.05) is 66.1 Å². The summed E-state index contributed by atoms with van der Waals surface area (Å²) >= 11 is 0. The van der Waals surface area contributed by atoms with Crippen LogP contribution in [0.1, 0.15) is 30.1 Å². The molecule has 3 heterocycles. The molecule has 0 bridgehead atoms. The molecule has 1 N–H and O–H groups in total. The van der Waals surface area contributed by atoms with E-state index < -0.39 is 5.54 Å². The van der Waals surface area contributed by atoms with E-state index in [0.717, 1.165) is 19.5 Å². The molecule has 0 saturated carbocycles. The SMILES string of the molecule is CCN(C[C@@]12CCCN1C(=O)N(CCN1CCOCC1)C2=O)C(=O)c1ccc(OC)c(O)c1. The van der Waals surface area contributed by atoms with Crippen LogP contribution in [0.2, 0.25) is 0 Å². The van der Waals surface area contributed by atoms with Crippen LogP contribution in [0.15, 0.2) is 18.2 Å². The Hall–Kier alpha value is -2.85. The molecule has 3 saturated heterocycles. The molecule has 3 fully saturated rings. The quantitative estimate of drug-likeness (QED) is 0.577. The van der Waals surface area contributed by atoms with Gasteiger partial charge in [0.05, 0.1) is 26.9 Å². The van der Waals surface area contributed by atoms with Crippen molar-refractivity contribution in [1.82, 2.24) is 19.6 Å². The number of morpholine rings is 1. The molecule has 1 atom stereocenters. The lowest BCUT2D eigenvalue weighted by molar-refractivity contribution is -0.133. The summed E-state index contributed by atoms with van der Waals surface area (Å²) in [7, 11) is 1.44. The van der Waals surface area contributed by atoms with Crippen LogP contribution in [-0.4, -0.2) is 114 Å². The third-order valence-corrected chi connectivity index (χ3v) is 6.88. The smallest absolute Gasteiger partial charge is 0.327 e. The number of urea groups is 1. The van der Waals surface area contributed by atoms with Gasteiger partial charge in [-0.05, 0) is 38.0 Å². The molecule has 0 spiro atoms. The number of imide groups is 1. The summed E-state index contributed by atoms with van der Waals surface area (Å²) in [6.45, 7) is 6.70. The molecule has 0 aromatic heterocycles. The van der Waals surface area contributed by atoms with E-state index in [-0.39, 0.29) is 35.9 Å². The number of amides is 4. The van der Waals surface area contributed by atoms with Gasteiger partial charge in [0.25, 0.3) is 11.8 Å². The Morgan fingerprint density at radius 3 is 2.64 bits per heavy atom. The third-order valence-electron chi connectivity index (χ3n) is 6.88. The average molecular weight is 461 g/mol. The highest BCUT2D eigenvalue weighted by atomic mass is 16.5. The Labute approximate surface area is 193 Å². The number of benzene rings is 1. The molecule has 180 valence electrons. The van der Waals surface area contributed by atoms with Crippen molar-refractivity contribution in [3.8, 4) is 11.5 Å². The van der Waals surface area contributed by atoms with E-state index in [1.807, 2.05) is 6.92 Å². The van der Waals surface area contributed by atoms with E-state index in [0.29, 0.717) is 51.4 Å². The second-order valence-electron chi connectivity index (χ2n) is 8.69. The molecule has 3 aliphatic heterocycles. The van der Waals surface area contributed by atoms with Gasteiger partial charge < -0.3 is 24.4 Å². The van der Waals surface area contributed by atoms with E-state index in [1.165, 1.54) is 24.1 Å². The summed E-state index contributed by atoms with van der Waals surface area (Å²) in [4.78, 5) is 46.7. The fourth-order valence-electron chi connectivity index (χ4n) is 5.01. The normalized spacial score (nSPS) is 23.2. The minimum atomic E-state index is -1.03. The second kappa shape index (κ2) is 9.56. The van der Waals surface area contributed by atoms with Crippen molar-refractivity contribution < 1.29 is 29.0 Å². The van der Waals surface area contributed by atoms with Gasteiger partial charge >= 0.3 is 6.03 Å².